The van der Waals surface area contributed by atoms with Gasteiger partial charge < -0.3 is 9.47 Å². The molecule has 1 N–H and O–H groups in total. The molecular weight excluding hydrogens is 218 g/mol. The molecule has 15 heavy (non-hydrogen) atoms. The highest BCUT2D eigenvalue weighted by molar-refractivity contribution is 7.91. The van der Waals surface area contributed by atoms with Crippen molar-refractivity contribution in [3.05, 3.63) is 0 Å². The normalized spacial score (nSPS) is 41.9. The van der Waals surface area contributed by atoms with E-state index in [4.69, 9.17) is 9.47 Å². The zero-order valence-electron chi connectivity index (χ0n) is 8.49. The van der Waals surface area contributed by atoms with E-state index in [1.165, 1.54) is 0 Å². The van der Waals surface area contributed by atoms with Crippen molar-refractivity contribution >= 4 is 9.84 Å². The van der Waals surface area contributed by atoms with E-state index in [2.05, 4.69) is 5.32 Å². The lowest BCUT2D eigenvalue weighted by Gasteiger charge is -2.49. The third kappa shape index (κ3) is 1.60. The van der Waals surface area contributed by atoms with Crippen LogP contribution >= 0.6 is 0 Å². The fourth-order valence-electron chi connectivity index (χ4n) is 2.39. The summed E-state index contributed by atoms with van der Waals surface area (Å²) in [5.74, 6) is 0.362. The van der Waals surface area contributed by atoms with Gasteiger partial charge in [-0.2, -0.15) is 0 Å². The van der Waals surface area contributed by atoms with Gasteiger partial charge in [-0.1, -0.05) is 0 Å². The van der Waals surface area contributed by atoms with Gasteiger partial charge in [0.25, 0.3) is 0 Å². The van der Waals surface area contributed by atoms with Crippen LogP contribution in [-0.4, -0.2) is 52.0 Å². The van der Waals surface area contributed by atoms with Crippen molar-refractivity contribution < 1.29 is 17.9 Å². The highest BCUT2D eigenvalue weighted by Crippen LogP contribution is 2.36. The van der Waals surface area contributed by atoms with E-state index in [0.29, 0.717) is 13.0 Å². The van der Waals surface area contributed by atoms with Crippen molar-refractivity contribution in [2.45, 2.75) is 12.1 Å². The lowest BCUT2D eigenvalue weighted by molar-refractivity contribution is -0.214. The second-order valence-corrected chi connectivity index (χ2v) is 7.16. The van der Waals surface area contributed by atoms with Crippen LogP contribution in [-0.2, 0) is 19.3 Å². The summed E-state index contributed by atoms with van der Waals surface area (Å²) < 4.78 is 33.7. The van der Waals surface area contributed by atoms with E-state index in [0.717, 1.165) is 19.8 Å². The van der Waals surface area contributed by atoms with Gasteiger partial charge in [-0.05, 0) is 0 Å². The van der Waals surface area contributed by atoms with E-state index in [1.54, 1.807) is 0 Å². The Labute approximate surface area is 89.0 Å². The molecule has 1 atom stereocenters. The molecule has 0 aromatic carbocycles. The van der Waals surface area contributed by atoms with E-state index < -0.39 is 15.6 Å². The zero-order chi connectivity index (χ0) is 10.6. The first-order valence-electron chi connectivity index (χ1n) is 5.21. The molecule has 1 unspecified atom stereocenters. The second kappa shape index (κ2) is 2.94. The van der Waals surface area contributed by atoms with Gasteiger partial charge in [0.15, 0.2) is 9.84 Å². The van der Waals surface area contributed by atoms with E-state index in [-0.39, 0.29) is 16.9 Å². The van der Waals surface area contributed by atoms with Crippen molar-refractivity contribution in [3.63, 3.8) is 0 Å². The lowest BCUT2D eigenvalue weighted by atomic mass is 9.85. The minimum atomic E-state index is -2.90. The van der Waals surface area contributed by atoms with Crippen molar-refractivity contribution in [1.82, 2.24) is 5.32 Å². The molecule has 86 valence electrons. The van der Waals surface area contributed by atoms with Crippen molar-refractivity contribution in [2.75, 3.05) is 37.9 Å². The summed E-state index contributed by atoms with van der Waals surface area (Å²) >= 11 is 0. The molecule has 6 heteroatoms. The molecule has 0 saturated carbocycles. The molecule has 3 rings (SSSR count). The van der Waals surface area contributed by atoms with Crippen LogP contribution in [0.5, 0.6) is 0 Å². The molecule has 3 fully saturated rings. The quantitative estimate of drug-likeness (QED) is 0.589. The smallest absolute Gasteiger partial charge is 0.154 e. The second-order valence-electron chi connectivity index (χ2n) is 4.97. The maximum Gasteiger partial charge on any atom is 0.154 e. The molecule has 3 saturated heterocycles. The van der Waals surface area contributed by atoms with Gasteiger partial charge in [-0.15, -0.1) is 0 Å². The molecule has 0 aromatic heterocycles. The monoisotopic (exact) mass is 233 g/mol. The maximum absolute atomic E-state index is 11.4. The van der Waals surface area contributed by atoms with Crippen molar-refractivity contribution in [3.8, 4) is 0 Å². The summed E-state index contributed by atoms with van der Waals surface area (Å²) in [4.78, 5) is 0. The van der Waals surface area contributed by atoms with Gasteiger partial charge in [-0.25, -0.2) is 8.42 Å². The third-order valence-electron chi connectivity index (χ3n) is 3.53. The van der Waals surface area contributed by atoms with Gasteiger partial charge in [0, 0.05) is 13.0 Å². The van der Waals surface area contributed by atoms with Crippen LogP contribution in [0.15, 0.2) is 0 Å². The highest BCUT2D eigenvalue weighted by atomic mass is 32.2. The molecule has 3 aliphatic rings. The Bertz CT molecular complexity index is 364. The number of ether oxygens (including phenoxy) is 2. The number of hydrogen-bond acceptors (Lipinski definition) is 5. The molecule has 0 bridgehead atoms. The van der Waals surface area contributed by atoms with Gasteiger partial charge in [0.1, 0.15) is 5.72 Å². The number of rotatable bonds is 0. The third-order valence-corrected chi connectivity index (χ3v) is 5.26. The fourth-order valence-corrected chi connectivity index (χ4v) is 4.22. The maximum atomic E-state index is 11.4. The van der Waals surface area contributed by atoms with Gasteiger partial charge in [-0.3, -0.25) is 5.32 Å². The van der Waals surface area contributed by atoms with Crippen molar-refractivity contribution in [2.24, 2.45) is 5.41 Å². The average Bonchev–Trinajstić information content (AvgIpc) is 2.41. The van der Waals surface area contributed by atoms with E-state index >= 15 is 0 Å². The summed E-state index contributed by atoms with van der Waals surface area (Å²) in [7, 11) is -2.90. The molecule has 5 nitrogen and oxygen atoms in total. The van der Waals surface area contributed by atoms with Crippen LogP contribution in [0, 0.1) is 5.41 Å². The summed E-state index contributed by atoms with van der Waals surface area (Å²) in [5.41, 5.74) is -0.489. The highest BCUT2D eigenvalue weighted by Gasteiger charge is 2.51. The van der Waals surface area contributed by atoms with Crippen LogP contribution in [0.3, 0.4) is 0 Å². The van der Waals surface area contributed by atoms with Crippen LogP contribution in [0.2, 0.25) is 0 Å². The standard InChI is InChI=1S/C9H15NO4S/c11-15(12)2-1-9(7-15)10-3-8(6-14-9)4-13-5-8/h10H,1-7H2. The first-order chi connectivity index (χ1) is 7.04. The molecule has 0 aliphatic carbocycles. The topological polar surface area (TPSA) is 64.6 Å². The van der Waals surface area contributed by atoms with Gasteiger partial charge >= 0.3 is 0 Å². The summed E-state index contributed by atoms with van der Waals surface area (Å²) in [6.07, 6.45) is 0.576. The number of hydrogen-bond donors (Lipinski definition) is 1. The predicted octanol–water partition coefficient (Wildman–Crippen LogP) is -0.862. The Morgan fingerprint density at radius 1 is 1.20 bits per heavy atom. The summed E-state index contributed by atoms with van der Waals surface area (Å²) in [6.45, 7) is 2.88. The van der Waals surface area contributed by atoms with Crippen LogP contribution in [0.4, 0.5) is 0 Å². The lowest BCUT2D eigenvalue weighted by Crippen LogP contribution is -2.65. The van der Waals surface area contributed by atoms with Crippen LogP contribution < -0.4 is 5.32 Å². The molecule has 0 amide bonds. The molecule has 0 aromatic rings. The van der Waals surface area contributed by atoms with E-state index in [9.17, 15) is 8.42 Å². The summed E-state index contributed by atoms with van der Waals surface area (Å²) in [5, 5.41) is 3.26. The van der Waals surface area contributed by atoms with Crippen molar-refractivity contribution in [1.29, 1.82) is 0 Å². The Balaban J connectivity index is 1.71. The minimum Gasteiger partial charge on any atom is -0.380 e. The SMILES string of the molecule is O=S1(=O)CCC2(C1)NCC1(COC1)CO2. The predicted molar refractivity (Wildman–Crippen MR) is 53.2 cm³/mol. The fraction of sp³-hybridized carbons (Fsp3) is 1.00. The molecule has 2 spiro atoms. The minimum absolute atomic E-state index is 0.109. The number of nitrogens with one attached hydrogen (secondary N) is 1. The Kier molecular flexibility index (Phi) is 1.96. The molecular formula is C9H15NO4S. The molecule has 3 aliphatic heterocycles. The van der Waals surface area contributed by atoms with Gasteiger partial charge in [0.05, 0.1) is 36.7 Å². The Hall–Kier alpha value is -0.170. The zero-order valence-corrected chi connectivity index (χ0v) is 9.31. The first kappa shape index (κ1) is 10.0. The van der Waals surface area contributed by atoms with Crippen LogP contribution in [0.25, 0.3) is 0 Å². The summed E-state index contributed by atoms with van der Waals surface area (Å²) in [6, 6.07) is 0. The molecule has 0 radical (unpaired) electrons. The van der Waals surface area contributed by atoms with Gasteiger partial charge in [0.2, 0.25) is 0 Å². The number of sulfone groups is 1. The first-order valence-corrected chi connectivity index (χ1v) is 7.03. The van der Waals surface area contributed by atoms with Crippen LogP contribution in [0.1, 0.15) is 6.42 Å². The largest absolute Gasteiger partial charge is 0.380 e. The van der Waals surface area contributed by atoms with E-state index in [1.807, 2.05) is 0 Å². The Morgan fingerprint density at radius 2 is 2.00 bits per heavy atom. The Morgan fingerprint density at radius 3 is 2.40 bits per heavy atom. The average molecular weight is 233 g/mol. The molecule has 3 heterocycles.